The number of ether oxygens (including phenoxy) is 1. The second kappa shape index (κ2) is 9.67. The number of benzene rings is 2. The maximum atomic E-state index is 12.7. The van der Waals surface area contributed by atoms with Gasteiger partial charge in [0, 0.05) is 30.1 Å². The van der Waals surface area contributed by atoms with Crippen LogP contribution in [0.1, 0.15) is 40.5 Å². The monoisotopic (exact) mass is 460 g/mol. The van der Waals surface area contributed by atoms with E-state index in [4.69, 9.17) is 0 Å². The lowest BCUT2D eigenvalue weighted by molar-refractivity contribution is 0.0600. The summed E-state index contributed by atoms with van der Waals surface area (Å²) in [5.41, 5.74) is 1.53. The van der Waals surface area contributed by atoms with Crippen molar-refractivity contribution in [3.05, 3.63) is 64.7 Å². The maximum Gasteiger partial charge on any atom is 0.337 e. The number of ketones is 1. The van der Waals surface area contributed by atoms with Gasteiger partial charge in [0.05, 0.1) is 28.3 Å². The third-order valence-electron chi connectivity index (χ3n) is 4.81. The van der Waals surface area contributed by atoms with Crippen molar-refractivity contribution in [1.29, 1.82) is 0 Å². The topological polar surface area (TPSA) is 92.8 Å². The molecule has 2 aromatic carbocycles. The van der Waals surface area contributed by atoms with E-state index in [2.05, 4.69) is 9.46 Å². The molecule has 1 heterocycles. The zero-order valence-corrected chi connectivity index (χ0v) is 19.2. The number of thioether (sulfide) groups is 1. The summed E-state index contributed by atoms with van der Waals surface area (Å²) in [4.78, 5) is 27.1. The molecule has 3 rings (SSSR count). The fraction of sp³-hybridized carbons (Fsp3) is 0.273. The van der Waals surface area contributed by atoms with Crippen LogP contribution in [-0.2, 0) is 14.8 Å². The number of sulfonamides is 1. The molecule has 0 spiro atoms. The fourth-order valence-electron chi connectivity index (χ4n) is 2.99. The standard InChI is InChI=1S/C22H24N2O5S2/c1-4-5-12-23-31(27,28)17-10-11-20-18(13-17)24(2)21(30-20)14-19(25)15-6-8-16(9-7-15)22(26)29-3/h6-11,13-14,23H,4-5,12H2,1-3H3/b21-14+. The van der Waals surface area contributed by atoms with E-state index in [9.17, 15) is 18.0 Å². The van der Waals surface area contributed by atoms with E-state index in [1.807, 2.05) is 6.92 Å². The molecule has 31 heavy (non-hydrogen) atoms. The molecule has 0 atom stereocenters. The number of unbranched alkanes of at least 4 members (excludes halogenated alkanes) is 1. The predicted octanol–water partition coefficient (Wildman–Crippen LogP) is 3.82. The second-order valence-electron chi connectivity index (χ2n) is 6.96. The van der Waals surface area contributed by atoms with Crippen LogP contribution in [0.25, 0.3) is 0 Å². The second-order valence-corrected chi connectivity index (χ2v) is 9.79. The van der Waals surface area contributed by atoms with Crippen LogP contribution in [0.15, 0.2) is 63.4 Å². The van der Waals surface area contributed by atoms with E-state index in [1.54, 1.807) is 54.4 Å². The first-order chi connectivity index (χ1) is 14.8. The SMILES string of the molecule is CCCCNS(=O)(=O)c1ccc2c(c1)N(C)/C(=C\C(=O)c1ccc(C(=O)OC)cc1)S2. The van der Waals surface area contributed by atoms with Gasteiger partial charge in [-0.3, -0.25) is 4.79 Å². The largest absolute Gasteiger partial charge is 0.465 e. The number of hydrogen-bond donors (Lipinski definition) is 1. The molecule has 0 aliphatic carbocycles. The molecule has 1 aliphatic heterocycles. The molecule has 1 N–H and O–H groups in total. The van der Waals surface area contributed by atoms with Crippen molar-refractivity contribution in [2.24, 2.45) is 0 Å². The van der Waals surface area contributed by atoms with Crippen molar-refractivity contribution in [2.45, 2.75) is 29.6 Å². The molecule has 0 aromatic heterocycles. The summed E-state index contributed by atoms with van der Waals surface area (Å²) in [5.74, 6) is -0.679. The lowest BCUT2D eigenvalue weighted by atomic mass is 10.1. The van der Waals surface area contributed by atoms with Gasteiger partial charge in [-0.15, -0.1) is 0 Å². The maximum absolute atomic E-state index is 12.7. The van der Waals surface area contributed by atoms with Gasteiger partial charge in [0.15, 0.2) is 5.78 Å². The lowest BCUT2D eigenvalue weighted by Crippen LogP contribution is -2.25. The first kappa shape index (κ1) is 23.1. The molecule has 0 saturated heterocycles. The Hall–Kier alpha value is -2.62. The quantitative estimate of drug-likeness (QED) is 0.277. The molecule has 2 aromatic rings. The number of anilines is 1. The number of hydrogen-bond acceptors (Lipinski definition) is 7. The number of nitrogens with zero attached hydrogens (tertiary/aromatic N) is 1. The molecule has 0 fully saturated rings. The third-order valence-corrected chi connectivity index (χ3v) is 7.44. The Balaban J connectivity index is 1.79. The molecule has 0 amide bonds. The highest BCUT2D eigenvalue weighted by atomic mass is 32.2. The Morgan fingerprint density at radius 2 is 1.81 bits per heavy atom. The number of allylic oxidation sites excluding steroid dienone is 1. The average molecular weight is 461 g/mol. The van der Waals surface area contributed by atoms with Gasteiger partial charge in [-0.25, -0.2) is 17.9 Å². The highest BCUT2D eigenvalue weighted by molar-refractivity contribution is 8.03. The van der Waals surface area contributed by atoms with Crippen LogP contribution in [0.3, 0.4) is 0 Å². The van der Waals surface area contributed by atoms with Crippen molar-refractivity contribution in [3.8, 4) is 0 Å². The van der Waals surface area contributed by atoms with Crippen LogP contribution in [0.5, 0.6) is 0 Å². The van der Waals surface area contributed by atoms with Crippen LogP contribution in [0.4, 0.5) is 5.69 Å². The van der Waals surface area contributed by atoms with E-state index >= 15 is 0 Å². The normalized spacial score (nSPS) is 14.5. The Morgan fingerprint density at radius 1 is 1.13 bits per heavy atom. The fourth-order valence-corrected chi connectivity index (χ4v) is 5.15. The molecule has 0 bridgehead atoms. The molecular weight excluding hydrogens is 436 g/mol. The molecule has 7 nitrogen and oxygen atoms in total. The summed E-state index contributed by atoms with van der Waals surface area (Å²) < 4.78 is 32.3. The first-order valence-electron chi connectivity index (χ1n) is 9.76. The summed E-state index contributed by atoms with van der Waals surface area (Å²) in [6.07, 6.45) is 3.18. The van der Waals surface area contributed by atoms with Crippen molar-refractivity contribution in [2.75, 3.05) is 25.6 Å². The summed E-state index contributed by atoms with van der Waals surface area (Å²) in [6.45, 7) is 2.40. The van der Waals surface area contributed by atoms with Crippen molar-refractivity contribution >= 4 is 39.2 Å². The van der Waals surface area contributed by atoms with Crippen LogP contribution in [0, 0.1) is 0 Å². The minimum Gasteiger partial charge on any atom is -0.465 e. The van der Waals surface area contributed by atoms with Crippen molar-refractivity contribution < 1.29 is 22.7 Å². The van der Waals surface area contributed by atoms with Crippen LogP contribution < -0.4 is 9.62 Å². The van der Waals surface area contributed by atoms with Gasteiger partial charge in [0.2, 0.25) is 10.0 Å². The van der Waals surface area contributed by atoms with Crippen LogP contribution in [-0.4, -0.2) is 40.9 Å². The summed E-state index contributed by atoms with van der Waals surface area (Å²) in [6, 6.07) is 11.2. The highest BCUT2D eigenvalue weighted by Gasteiger charge is 2.26. The van der Waals surface area contributed by atoms with Crippen molar-refractivity contribution in [1.82, 2.24) is 4.72 Å². The predicted molar refractivity (Wildman–Crippen MR) is 121 cm³/mol. The molecule has 0 unspecified atom stereocenters. The Bertz CT molecular complexity index is 1130. The number of esters is 1. The number of fused-ring (bicyclic) bond motifs is 1. The Morgan fingerprint density at radius 3 is 2.45 bits per heavy atom. The minimum absolute atomic E-state index is 0.195. The zero-order chi connectivity index (χ0) is 22.6. The molecule has 0 saturated carbocycles. The van der Waals surface area contributed by atoms with Gasteiger partial charge in [-0.1, -0.05) is 37.2 Å². The third kappa shape index (κ3) is 5.17. The van der Waals surface area contributed by atoms with E-state index < -0.39 is 16.0 Å². The molecule has 164 valence electrons. The summed E-state index contributed by atoms with van der Waals surface area (Å²) in [7, 11) is -0.493. The Kier molecular flexibility index (Phi) is 7.19. The summed E-state index contributed by atoms with van der Waals surface area (Å²) in [5, 5.41) is 0.686. The van der Waals surface area contributed by atoms with Gasteiger partial charge in [-0.2, -0.15) is 0 Å². The average Bonchev–Trinajstić information content (AvgIpc) is 3.08. The van der Waals surface area contributed by atoms with Gasteiger partial charge in [0.1, 0.15) is 0 Å². The Labute approximate surface area is 186 Å². The van der Waals surface area contributed by atoms with Crippen LogP contribution >= 0.6 is 11.8 Å². The first-order valence-corrected chi connectivity index (χ1v) is 12.1. The highest BCUT2D eigenvalue weighted by Crippen LogP contribution is 2.45. The molecule has 0 radical (unpaired) electrons. The smallest absolute Gasteiger partial charge is 0.337 e. The lowest BCUT2D eigenvalue weighted by Gasteiger charge is -2.14. The van der Waals surface area contributed by atoms with Crippen LogP contribution in [0.2, 0.25) is 0 Å². The van der Waals surface area contributed by atoms with E-state index in [0.29, 0.717) is 22.7 Å². The van der Waals surface area contributed by atoms with E-state index in [1.165, 1.54) is 24.9 Å². The number of methoxy groups -OCH3 is 1. The number of carbonyl (C=O) groups excluding carboxylic acids is 2. The zero-order valence-electron chi connectivity index (χ0n) is 17.5. The van der Waals surface area contributed by atoms with Gasteiger partial charge < -0.3 is 9.64 Å². The molecule has 9 heteroatoms. The summed E-state index contributed by atoms with van der Waals surface area (Å²) >= 11 is 1.40. The molecule has 1 aliphatic rings. The number of nitrogens with one attached hydrogen (secondary N) is 1. The van der Waals surface area contributed by atoms with Crippen molar-refractivity contribution in [3.63, 3.8) is 0 Å². The molecular formula is C22H24N2O5S2. The van der Waals surface area contributed by atoms with Gasteiger partial charge in [-0.05, 0) is 36.8 Å². The van der Waals surface area contributed by atoms with E-state index in [0.717, 1.165) is 23.4 Å². The van der Waals surface area contributed by atoms with E-state index in [-0.39, 0.29) is 10.7 Å². The van der Waals surface area contributed by atoms with Gasteiger partial charge >= 0.3 is 5.97 Å². The van der Waals surface area contributed by atoms with Gasteiger partial charge in [0.25, 0.3) is 0 Å². The minimum atomic E-state index is -3.58. The number of rotatable bonds is 8. The number of carbonyl (C=O) groups is 2.